The quantitative estimate of drug-likeness (QED) is 0.728. The highest BCUT2D eigenvalue weighted by molar-refractivity contribution is 6.29. The minimum Gasteiger partial charge on any atom is -0.444 e. The third-order valence-electron chi connectivity index (χ3n) is 4.86. The fraction of sp³-hybridized carbons (Fsp3) is 0.526. The van der Waals surface area contributed by atoms with Crippen molar-refractivity contribution >= 4 is 28.7 Å². The number of ether oxygens (including phenoxy) is 1. The molecular weight excluding hydrogens is 352 g/mol. The number of pyridine rings is 1. The lowest BCUT2D eigenvalue weighted by Gasteiger charge is -2.42. The Morgan fingerprint density at radius 3 is 2.65 bits per heavy atom. The number of hydrogen-bond donors (Lipinski definition) is 0. The van der Waals surface area contributed by atoms with Gasteiger partial charge < -0.3 is 14.2 Å². The molecule has 2 aromatic heterocycles. The summed E-state index contributed by atoms with van der Waals surface area (Å²) in [4.78, 5) is 18.3. The lowest BCUT2D eigenvalue weighted by Crippen LogP contribution is -2.48. The van der Waals surface area contributed by atoms with Crippen LogP contribution in [0.5, 0.6) is 0 Å². The maximum Gasteiger partial charge on any atom is 0.410 e. The zero-order chi connectivity index (χ0) is 19.2. The van der Waals surface area contributed by atoms with Crippen LogP contribution in [0.25, 0.3) is 11.0 Å². The molecule has 3 rings (SSSR count). The van der Waals surface area contributed by atoms with Crippen LogP contribution in [0, 0.1) is 18.3 Å². The van der Waals surface area contributed by atoms with E-state index in [1.54, 1.807) is 18.0 Å². The maximum absolute atomic E-state index is 12.2. The van der Waals surface area contributed by atoms with Gasteiger partial charge in [-0.15, -0.1) is 0 Å². The van der Waals surface area contributed by atoms with Crippen LogP contribution >= 0.6 is 11.6 Å². The van der Waals surface area contributed by atoms with Crippen LogP contribution in [0.3, 0.4) is 0 Å². The molecule has 0 radical (unpaired) electrons. The summed E-state index contributed by atoms with van der Waals surface area (Å²) in [6, 6.07) is 6.11. The third-order valence-corrected chi connectivity index (χ3v) is 5.07. The van der Waals surface area contributed by atoms with Gasteiger partial charge in [0.05, 0.1) is 5.56 Å². The first-order chi connectivity index (χ1) is 12.1. The van der Waals surface area contributed by atoms with Crippen molar-refractivity contribution < 1.29 is 9.53 Å². The van der Waals surface area contributed by atoms with Crippen molar-refractivity contribution in [2.24, 2.45) is 0 Å². The highest BCUT2D eigenvalue weighted by atomic mass is 35.5. The Morgan fingerprint density at radius 2 is 2.08 bits per heavy atom. The summed E-state index contributed by atoms with van der Waals surface area (Å²) >= 11 is 6.07. The van der Waals surface area contributed by atoms with Gasteiger partial charge in [0.15, 0.2) is 0 Å². The number of aromatic nitrogens is 2. The van der Waals surface area contributed by atoms with E-state index >= 15 is 0 Å². The molecule has 7 heteroatoms. The fourth-order valence-corrected chi connectivity index (χ4v) is 3.58. The second-order valence-electron chi connectivity index (χ2n) is 7.82. The molecule has 26 heavy (non-hydrogen) atoms. The fourth-order valence-electron chi connectivity index (χ4n) is 3.44. The highest BCUT2D eigenvalue weighted by Gasteiger charge is 2.38. The highest BCUT2D eigenvalue weighted by Crippen LogP contribution is 2.40. The molecule has 1 amide bonds. The van der Waals surface area contributed by atoms with Crippen LogP contribution in [-0.4, -0.2) is 39.2 Å². The number of carbonyl (C=O) groups is 1. The van der Waals surface area contributed by atoms with Crippen LogP contribution in [0.15, 0.2) is 12.1 Å². The van der Waals surface area contributed by atoms with E-state index in [4.69, 9.17) is 16.3 Å². The van der Waals surface area contributed by atoms with Crippen LogP contribution in [-0.2, 0) is 4.74 Å². The molecule has 0 atom stereocenters. The number of halogens is 1. The molecule has 0 bridgehead atoms. The van der Waals surface area contributed by atoms with Gasteiger partial charge in [-0.1, -0.05) is 11.6 Å². The van der Waals surface area contributed by atoms with E-state index in [1.165, 1.54) is 0 Å². The van der Waals surface area contributed by atoms with Crippen LogP contribution in [0.1, 0.15) is 50.9 Å². The van der Waals surface area contributed by atoms with E-state index in [9.17, 15) is 10.1 Å². The number of hydrogen-bond acceptors (Lipinski definition) is 4. The molecule has 2 heterocycles. The molecule has 6 nitrogen and oxygen atoms in total. The van der Waals surface area contributed by atoms with Gasteiger partial charge in [-0.05, 0) is 52.7 Å². The van der Waals surface area contributed by atoms with Crippen molar-refractivity contribution in [3.8, 4) is 6.07 Å². The van der Waals surface area contributed by atoms with E-state index in [2.05, 4.69) is 15.6 Å². The maximum atomic E-state index is 12.2. The summed E-state index contributed by atoms with van der Waals surface area (Å²) in [6.07, 6.45) is 1.27. The van der Waals surface area contributed by atoms with E-state index in [0.717, 1.165) is 29.6 Å². The minimum absolute atomic E-state index is 0.108. The average molecular weight is 375 g/mol. The second kappa shape index (κ2) is 6.48. The molecule has 1 aliphatic carbocycles. The van der Waals surface area contributed by atoms with Gasteiger partial charge >= 0.3 is 6.09 Å². The standard InChI is InChI=1S/C19H23ClN4O2/c1-11-15(10-21)14-6-7-16(20)22-17(14)24(11)13-8-12(9-13)23(5)18(25)26-19(2,3)4/h6-7,12-13H,8-9H2,1-5H3. The number of nitriles is 1. The molecule has 0 aromatic carbocycles. The van der Waals surface area contributed by atoms with Crippen molar-refractivity contribution in [1.82, 2.24) is 14.5 Å². The SMILES string of the molecule is Cc1c(C#N)c2ccc(Cl)nc2n1C1CC(N(C)C(=O)OC(C)(C)C)C1. The molecule has 2 aromatic rings. The lowest BCUT2D eigenvalue weighted by molar-refractivity contribution is 0.00799. The van der Waals surface area contributed by atoms with Gasteiger partial charge in [0.2, 0.25) is 0 Å². The Bertz CT molecular complexity index is 901. The first-order valence-electron chi connectivity index (χ1n) is 8.65. The molecule has 0 N–H and O–H groups in total. The number of nitrogens with zero attached hydrogens (tertiary/aromatic N) is 4. The summed E-state index contributed by atoms with van der Waals surface area (Å²) in [5.41, 5.74) is 1.74. The molecule has 1 aliphatic rings. The van der Waals surface area contributed by atoms with Crippen molar-refractivity contribution in [2.45, 2.75) is 58.2 Å². The van der Waals surface area contributed by atoms with E-state index in [0.29, 0.717) is 10.7 Å². The second-order valence-corrected chi connectivity index (χ2v) is 8.20. The van der Waals surface area contributed by atoms with Crippen LogP contribution < -0.4 is 0 Å². The van der Waals surface area contributed by atoms with E-state index in [1.807, 2.05) is 33.8 Å². The van der Waals surface area contributed by atoms with Crippen molar-refractivity contribution in [3.05, 3.63) is 28.5 Å². The first-order valence-corrected chi connectivity index (χ1v) is 9.03. The van der Waals surface area contributed by atoms with Gasteiger partial charge in [0.1, 0.15) is 22.5 Å². The average Bonchev–Trinajstić information content (AvgIpc) is 2.75. The van der Waals surface area contributed by atoms with Gasteiger partial charge in [-0.2, -0.15) is 5.26 Å². The monoisotopic (exact) mass is 374 g/mol. The number of rotatable bonds is 2. The molecule has 0 aliphatic heterocycles. The summed E-state index contributed by atoms with van der Waals surface area (Å²) in [5, 5.41) is 10.7. The Labute approximate surface area is 158 Å². The predicted octanol–water partition coefficient (Wildman–Crippen LogP) is 4.44. The molecular formula is C19H23ClN4O2. The van der Waals surface area contributed by atoms with Crippen LogP contribution in [0.4, 0.5) is 4.79 Å². The summed E-state index contributed by atoms with van der Waals surface area (Å²) in [5.74, 6) is 0. The Balaban J connectivity index is 1.81. The molecule has 0 spiro atoms. The number of carbonyl (C=O) groups excluding carboxylic acids is 1. The zero-order valence-electron chi connectivity index (χ0n) is 15.7. The van der Waals surface area contributed by atoms with Gasteiger partial charge in [-0.25, -0.2) is 9.78 Å². The minimum atomic E-state index is -0.510. The largest absolute Gasteiger partial charge is 0.444 e. The Morgan fingerprint density at radius 1 is 1.42 bits per heavy atom. The summed E-state index contributed by atoms with van der Waals surface area (Å²) < 4.78 is 7.52. The smallest absolute Gasteiger partial charge is 0.410 e. The molecule has 0 saturated heterocycles. The topological polar surface area (TPSA) is 71.2 Å². The van der Waals surface area contributed by atoms with E-state index < -0.39 is 5.60 Å². The Kier molecular flexibility index (Phi) is 4.61. The summed E-state index contributed by atoms with van der Waals surface area (Å²) in [6.45, 7) is 7.50. The normalized spacial score (nSPS) is 19.7. The van der Waals surface area contributed by atoms with Crippen molar-refractivity contribution in [2.75, 3.05) is 7.05 Å². The number of fused-ring (bicyclic) bond motifs is 1. The van der Waals surface area contributed by atoms with Gasteiger partial charge in [0, 0.05) is 30.2 Å². The zero-order valence-corrected chi connectivity index (χ0v) is 16.5. The first kappa shape index (κ1) is 18.5. The Hall–Kier alpha value is -2.26. The molecule has 138 valence electrons. The van der Waals surface area contributed by atoms with Crippen molar-refractivity contribution in [3.63, 3.8) is 0 Å². The summed E-state index contributed by atoms with van der Waals surface area (Å²) in [7, 11) is 1.77. The van der Waals surface area contributed by atoms with E-state index in [-0.39, 0.29) is 18.2 Å². The lowest BCUT2D eigenvalue weighted by atomic mass is 9.85. The molecule has 1 fully saturated rings. The molecule has 0 unspecified atom stereocenters. The van der Waals surface area contributed by atoms with Gasteiger partial charge in [-0.3, -0.25) is 0 Å². The van der Waals surface area contributed by atoms with Gasteiger partial charge in [0.25, 0.3) is 0 Å². The third kappa shape index (κ3) is 3.24. The van der Waals surface area contributed by atoms with Crippen molar-refractivity contribution in [1.29, 1.82) is 5.26 Å². The van der Waals surface area contributed by atoms with Crippen LogP contribution in [0.2, 0.25) is 5.15 Å². The number of amides is 1. The predicted molar refractivity (Wildman–Crippen MR) is 100 cm³/mol. The molecule has 1 saturated carbocycles.